The van der Waals surface area contributed by atoms with Crippen LogP contribution in [0.4, 0.5) is 0 Å². The Balaban J connectivity index is 2.88. The van der Waals surface area contributed by atoms with Gasteiger partial charge in [-0.25, -0.2) is 4.79 Å². The number of benzene rings is 1. The fraction of sp³-hybridized carbons (Fsp3) is 0.500. The molecule has 21 heavy (non-hydrogen) atoms. The number of amides is 1. The summed E-state index contributed by atoms with van der Waals surface area (Å²) in [4.78, 5) is 25.9. The molecule has 5 heteroatoms. The first-order valence-corrected chi connectivity index (χ1v) is 7.37. The minimum Gasteiger partial charge on any atom is -0.479 e. The van der Waals surface area contributed by atoms with E-state index < -0.39 is 12.0 Å². The lowest BCUT2D eigenvalue weighted by molar-refractivity contribution is -0.143. The largest absolute Gasteiger partial charge is 0.479 e. The predicted molar refractivity (Wildman–Crippen MR) is 82.0 cm³/mol. The Kier molecular flexibility index (Phi) is 6.88. The third kappa shape index (κ3) is 4.56. The molecular formula is C16H24N2O3. The molecule has 5 nitrogen and oxygen atoms in total. The number of hydrogen-bond donors (Lipinski definition) is 2. The molecule has 2 atom stereocenters. The van der Waals surface area contributed by atoms with Crippen molar-refractivity contribution in [3.8, 4) is 0 Å². The highest BCUT2D eigenvalue weighted by atomic mass is 16.4. The summed E-state index contributed by atoms with van der Waals surface area (Å²) in [6.45, 7) is 7.43. The summed E-state index contributed by atoms with van der Waals surface area (Å²) in [6.07, 6.45) is 0.647. The maximum absolute atomic E-state index is 12.4. The molecule has 0 aliphatic carbocycles. The number of hydrogen-bond acceptors (Lipinski definition) is 3. The Hall–Kier alpha value is -1.88. The SMILES string of the molecule is CCC(C(=O)N[C@@H](C(=O)O)c1ccccc1)N(CC)CC. The summed E-state index contributed by atoms with van der Waals surface area (Å²) in [6, 6.07) is 7.44. The van der Waals surface area contributed by atoms with E-state index in [2.05, 4.69) is 5.32 Å². The molecule has 0 heterocycles. The summed E-state index contributed by atoms with van der Waals surface area (Å²) in [7, 11) is 0. The highest BCUT2D eigenvalue weighted by molar-refractivity contribution is 5.87. The van der Waals surface area contributed by atoms with Gasteiger partial charge in [0.1, 0.15) is 0 Å². The van der Waals surface area contributed by atoms with Crippen molar-refractivity contribution in [3.63, 3.8) is 0 Å². The Labute approximate surface area is 126 Å². The molecule has 0 aliphatic rings. The molecule has 1 aromatic rings. The number of carboxylic acid groups (broad SMARTS) is 1. The molecule has 0 aromatic heterocycles. The van der Waals surface area contributed by atoms with Crippen LogP contribution >= 0.6 is 0 Å². The van der Waals surface area contributed by atoms with Gasteiger partial charge in [-0.05, 0) is 25.1 Å². The molecule has 0 saturated heterocycles. The molecular weight excluding hydrogens is 268 g/mol. The van der Waals surface area contributed by atoms with Crippen LogP contribution in [0.3, 0.4) is 0 Å². The maximum atomic E-state index is 12.4. The van der Waals surface area contributed by atoms with Crippen LogP contribution in [0.5, 0.6) is 0 Å². The number of carboxylic acids is 1. The molecule has 0 aliphatic heterocycles. The molecule has 0 fully saturated rings. The normalized spacial score (nSPS) is 13.7. The molecule has 1 aromatic carbocycles. The van der Waals surface area contributed by atoms with Crippen LogP contribution in [-0.4, -0.2) is 41.0 Å². The predicted octanol–water partition coefficient (Wildman–Crippen LogP) is 2.05. The third-order valence-corrected chi connectivity index (χ3v) is 3.61. The van der Waals surface area contributed by atoms with Gasteiger partial charge >= 0.3 is 5.97 Å². The molecule has 1 rings (SSSR count). The Morgan fingerprint density at radius 2 is 1.71 bits per heavy atom. The van der Waals surface area contributed by atoms with Crippen molar-refractivity contribution >= 4 is 11.9 Å². The van der Waals surface area contributed by atoms with E-state index in [1.807, 2.05) is 31.7 Å². The number of aliphatic carboxylic acids is 1. The van der Waals surface area contributed by atoms with Crippen LogP contribution in [0.1, 0.15) is 38.8 Å². The molecule has 1 unspecified atom stereocenters. The van der Waals surface area contributed by atoms with Crippen molar-refractivity contribution in [3.05, 3.63) is 35.9 Å². The van der Waals surface area contributed by atoms with E-state index in [1.54, 1.807) is 24.3 Å². The number of likely N-dealkylation sites (N-methyl/N-ethyl adjacent to an activating group) is 1. The van der Waals surface area contributed by atoms with Crippen LogP contribution in [0.2, 0.25) is 0 Å². The average Bonchev–Trinajstić information content (AvgIpc) is 2.50. The number of nitrogens with one attached hydrogen (secondary N) is 1. The summed E-state index contributed by atoms with van der Waals surface area (Å²) in [5, 5.41) is 12.0. The van der Waals surface area contributed by atoms with Gasteiger partial charge in [0.2, 0.25) is 5.91 Å². The fourth-order valence-electron chi connectivity index (χ4n) is 2.45. The maximum Gasteiger partial charge on any atom is 0.330 e. The smallest absolute Gasteiger partial charge is 0.330 e. The van der Waals surface area contributed by atoms with Crippen LogP contribution in [0.15, 0.2) is 30.3 Å². The molecule has 0 bridgehead atoms. The van der Waals surface area contributed by atoms with Gasteiger partial charge in [-0.15, -0.1) is 0 Å². The second-order valence-electron chi connectivity index (χ2n) is 4.84. The van der Waals surface area contributed by atoms with Gasteiger partial charge in [0.05, 0.1) is 6.04 Å². The molecule has 1 amide bonds. The van der Waals surface area contributed by atoms with Crippen molar-refractivity contribution in [1.82, 2.24) is 10.2 Å². The number of nitrogens with zero attached hydrogens (tertiary/aromatic N) is 1. The van der Waals surface area contributed by atoms with Gasteiger partial charge in [-0.3, -0.25) is 9.69 Å². The van der Waals surface area contributed by atoms with E-state index in [1.165, 1.54) is 0 Å². The average molecular weight is 292 g/mol. The second-order valence-corrected chi connectivity index (χ2v) is 4.84. The summed E-state index contributed by atoms with van der Waals surface area (Å²) < 4.78 is 0. The molecule has 0 spiro atoms. The van der Waals surface area contributed by atoms with E-state index in [4.69, 9.17) is 0 Å². The lowest BCUT2D eigenvalue weighted by atomic mass is 10.1. The second kappa shape index (κ2) is 8.42. The zero-order chi connectivity index (χ0) is 15.8. The van der Waals surface area contributed by atoms with Gasteiger partial charge in [-0.2, -0.15) is 0 Å². The lowest BCUT2D eigenvalue weighted by Crippen LogP contribution is -2.48. The Bertz CT molecular complexity index is 458. The van der Waals surface area contributed by atoms with Crippen molar-refractivity contribution in [1.29, 1.82) is 0 Å². The number of carbonyl (C=O) groups is 2. The van der Waals surface area contributed by atoms with Gasteiger partial charge < -0.3 is 10.4 Å². The Morgan fingerprint density at radius 3 is 2.14 bits per heavy atom. The zero-order valence-corrected chi connectivity index (χ0v) is 12.9. The van der Waals surface area contributed by atoms with Crippen molar-refractivity contribution in [2.45, 2.75) is 39.3 Å². The highest BCUT2D eigenvalue weighted by Gasteiger charge is 2.28. The van der Waals surface area contributed by atoms with Gasteiger partial charge in [0.15, 0.2) is 6.04 Å². The van der Waals surface area contributed by atoms with Crippen LogP contribution in [0, 0.1) is 0 Å². The van der Waals surface area contributed by atoms with Crippen molar-refractivity contribution in [2.24, 2.45) is 0 Å². The Morgan fingerprint density at radius 1 is 1.14 bits per heavy atom. The minimum atomic E-state index is -1.05. The first kappa shape index (κ1) is 17.2. The first-order chi connectivity index (χ1) is 10.0. The van der Waals surface area contributed by atoms with Crippen molar-refractivity contribution < 1.29 is 14.7 Å². The monoisotopic (exact) mass is 292 g/mol. The van der Waals surface area contributed by atoms with Crippen LogP contribution in [-0.2, 0) is 9.59 Å². The van der Waals surface area contributed by atoms with E-state index >= 15 is 0 Å². The highest BCUT2D eigenvalue weighted by Crippen LogP contribution is 2.14. The zero-order valence-electron chi connectivity index (χ0n) is 12.9. The van der Waals surface area contributed by atoms with Crippen molar-refractivity contribution in [2.75, 3.05) is 13.1 Å². The minimum absolute atomic E-state index is 0.238. The van der Waals surface area contributed by atoms with Gasteiger partial charge in [0.25, 0.3) is 0 Å². The van der Waals surface area contributed by atoms with E-state index in [0.717, 1.165) is 13.1 Å². The van der Waals surface area contributed by atoms with Gasteiger partial charge in [-0.1, -0.05) is 51.1 Å². The molecule has 2 N–H and O–H groups in total. The molecule has 0 saturated carbocycles. The summed E-state index contributed by atoms with van der Waals surface area (Å²) in [5.74, 6) is -1.29. The number of carbonyl (C=O) groups excluding carboxylic acids is 1. The quantitative estimate of drug-likeness (QED) is 0.769. The standard InChI is InChI=1S/C16H24N2O3/c1-4-13(18(5-2)6-3)15(19)17-14(16(20)21)12-10-8-7-9-11-12/h7-11,13-14H,4-6H2,1-3H3,(H,17,19)(H,20,21)/t13?,14-/m1/s1. The lowest BCUT2D eigenvalue weighted by Gasteiger charge is -2.29. The van der Waals surface area contributed by atoms with E-state index in [9.17, 15) is 14.7 Å². The van der Waals surface area contributed by atoms with E-state index in [-0.39, 0.29) is 11.9 Å². The third-order valence-electron chi connectivity index (χ3n) is 3.61. The fourth-order valence-corrected chi connectivity index (χ4v) is 2.45. The van der Waals surface area contributed by atoms with E-state index in [0.29, 0.717) is 12.0 Å². The topological polar surface area (TPSA) is 69.6 Å². The van der Waals surface area contributed by atoms with Gasteiger partial charge in [0, 0.05) is 0 Å². The van der Waals surface area contributed by atoms with Crippen LogP contribution < -0.4 is 5.32 Å². The summed E-state index contributed by atoms with van der Waals surface area (Å²) in [5.41, 5.74) is 0.577. The molecule has 116 valence electrons. The number of rotatable bonds is 8. The first-order valence-electron chi connectivity index (χ1n) is 7.37. The summed E-state index contributed by atoms with van der Waals surface area (Å²) >= 11 is 0. The molecule has 0 radical (unpaired) electrons. The van der Waals surface area contributed by atoms with Crippen LogP contribution in [0.25, 0.3) is 0 Å².